The fraction of sp³-hybridized carbons (Fsp3) is 0.385. The first-order valence-electron chi connectivity index (χ1n) is 6.25. The van der Waals surface area contributed by atoms with Crippen molar-refractivity contribution in [3.05, 3.63) is 38.9 Å². The average Bonchev–Trinajstić information content (AvgIpc) is 2.42. The molecule has 0 aliphatic carbocycles. The van der Waals surface area contributed by atoms with E-state index in [1.165, 1.54) is 18.2 Å². The summed E-state index contributed by atoms with van der Waals surface area (Å²) in [7, 11) is 0. The van der Waals surface area contributed by atoms with Crippen LogP contribution in [-0.2, 0) is 4.79 Å². The van der Waals surface area contributed by atoms with Gasteiger partial charge >= 0.3 is 5.97 Å². The van der Waals surface area contributed by atoms with E-state index in [9.17, 15) is 19.7 Å². The van der Waals surface area contributed by atoms with Gasteiger partial charge in [0.25, 0.3) is 11.6 Å². The fourth-order valence-electron chi connectivity index (χ4n) is 1.72. The number of carboxylic acids is 1. The average molecular weight is 315 g/mol. The lowest BCUT2D eigenvalue weighted by molar-refractivity contribution is -0.385. The summed E-state index contributed by atoms with van der Waals surface area (Å²) in [6, 6.07) is 4.00. The van der Waals surface area contributed by atoms with E-state index < -0.39 is 16.8 Å². The van der Waals surface area contributed by atoms with Crippen LogP contribution in [0.15, 0.2) is 18.2 Å². The molecular weight excluding hydrogens is 300 g/mol. The molecule has 0 spiro atoms. The van der Waals surface area contributed by atoms with Gasteiger partial charge in [-0.3, -0.25) is 19.7 Å². The maximum atomic E-state index is 12.0. The third-order valence-corrected chi connectivity index (χ3v) is 3.19. The maximum absolute atomic E-state index is 12.0. The molecule has 0 saturated carbocycles. The van der Waals surface area contributed by atoms with Gasteiger partial charge in [-0.05, 0) is 18.4 Å². The molecule has 1 atom stereocenters. The first kappa shape index (κ1) is 16.9. The van der Waals surface area contributed by atoms with Gasteiger partial charge in [0.2, 0.25) is 0 Å². The lowest BCUT2D eigenvalue weighted by atomic mass is 10.1. The third kappa shape index (κ3) is 5.03. The van der Waals surface area contributed by atoms with Gasteiger partial charge < -0.3 is 10.4 Å². The Morgan fingerprint density at radius 3 is 2.71 bits per heavy atom. The molecule has 21 heavy (non-hydrogen) atoms. The van der Waals surface area contributed by atoms with Crippen LogP contribution in [0.3, 0.4) is 0 Å². The number of nitro benzene ring substituents is 1. The van der Waals surface area contributed by atoms with E-state index in [0.29, 0.717) is 6.42 Å². The topological polar surface area (TPSA) is 110 Å². The van der Waals surface area contributed by atoms with Crippen LogP contribution in [0.2, 0.25) is 5.02 Å². The number of carbonyl (C=O) groups excluding carboxylic acids is 1. The molecule has 0 aromatic heterocycles. The van der Waals surface area contributed by atoms with Crippen molar-refractivity contribution in [2.24, 2.45) is 5.92 Å². The standard InChI is InChI=1S/C13H15ClN2O5/c1-8(5-6-11(17)18)7-15-13(19)12-9(14)3-2-4-10(12)16(20)21/h2-4,8H,5-7H2,1H3,(H,15,19)(H,17,18). The highest BCUT2D eigenvalue weighted by molar-refractivity contribution is 6.34. The van der Waals surface area contributed by atoms with Crippen LogP contribution in [-0.4, -0.2) is 28.5 Å². The number of nitrogens with zero attached hydrogens (tertiary/aromatic N) is 1. The van der Waals surface area contributed by atoms with Crippen LogP contribution >= 0.6 is 11.6 Å². The van der Waals surface area contributed by atoms with Crippen LogP contribution in [0.25, 0.3) is 0 Å². The molecule has 1 aromatic rings. The van der Waals surface area contributed by atoms with Crippen molar-refractivity contribution in [1.29, 1.82) is 0 Å². The third-order valence-electron chi connectivity index (χ3n) is 2.88. The predicted octanol–water partition coefficient (Wildman–Crippen LogP) is 2.48. The second-order valence-corrected chi connectivity index (χ2v) is 5.05. The van der Waals surface area contributed by atoms with Crippen LogP contribution < -0.4 is 5.32 Å². The molecule has 0 aliphatic rings. The molecular formula is C13H15ClN2O5. The molecule has 8 heteroatoms. The van der Waals surface area contributed by atoms with Gasteiger partial charge in [-0.15, -0.1) is 0 Å². The first-order chi connectivity index (χ1) is 9.82. The minimum absolute atomic E-state index is 0.000103. The highest BCUT2D eigenvalue weighted by Gasteiger charge is 2.23. The van der Waals surface area contributed by atoms with E-state index in [1.807, 2.05) is 0 Å². The summed E-state index contributed by atoms with van der Waals surface area (Å²) in [6.07, 6.45) is 0.406. The zero-order chi connectivity index (χ0) is 16.0. The summed E-state index contributed by atoms with van der Waals surface area (Å²) in [5.41, 5.74) is -0.548. The number of nitrogens with one attached hydrogen (secondary N) is 1. The second kappa shape index (κ2) is 7.58. The minimum atomic E-state index is -0.907. The molecule has 1 unspecified atom stereocenters. The molecule has 1 rings (SSSR count). The Kier molecular flexibility index (Phi) is 6.10. The molecule has 1 aromatic carbocycles. The lowest BCUT2D eigenvalue weighted by Crippen LogP contribution is -2.29. The monoisotopic (exact) mass is 314 g/mol. The van der Waals surface area contributed by atoms with Gasteiger partial charge in [0.05, 0.1) is 9.95 Å². The number of rotatable bonds is 7. The number of carbonyl (C=O) groups is 2. The number of amides is 1. The van der Waals surface area contributed by atoms with Crippen molar-refractivity contribution >= 4 is 29.2 Å². The van der Waals surface area contributed by atoms with Gasteiger partial charge in [-0.1, -0.05) is 24.6 Å². The van der Waals surface area contributed by atoms with Crippen molar-refractivity contribution in [1.82, 2.24) is 5.32 Å². The van der Waals surface area contributed by atoms with Crippen molar-refractivity contribution in [3.63, 3.8) is 0 Å². The van der Waals surface area contributed by atoms with Crippen molar-refractivity contribution < 1.29 is 19.6 Å². The van der Waals surface area contributed by atoms with Gasteiger partial charge in [0.1, 0.15) is 5.56 Å². The zero-order valence-corrected chi connectivity index (χ0v) is 12.1. The number of aliphatic carboxylic acids is 1. The molecule has 1 amide bonds. The van der Waals surface area contributed by atoms with Crippen LogP contribution in [0.5, 0.6) is 0 Å². The SMILES string of the molecule is CC(CCC(=O)O)CNC(=O)c1c(Cl)cccc1[N+](=O)[O-]. The molecule has 0 fully saturated rings. The number of hydrogen-bond donors (Lipinski definition) is 2. The Morgan fingerprint density at radius 1 is 1.48 bits per heavy atom. The van der Waals surface area contributed by atoms with Gasteiger partial charge in [0, 0.05) is 19.0 Å². The Bertz CT molecular complexity index is 561. The second-order valence-electron chi connectivity index (χ2n) is 4.64. The predicted molar refractivity (Wildman–Crippen MR) is 76.5 cm³/mol. The zero-order valence-electron chi connectivity index (χ0n) is 11.3. The number of benzene rings is 1. The first-order valence-corrected chi connectivity index (χ1v) is 6.63. The van der Waals surface area contributed by atoms with E-state index in [-0.39, 0.29) is 35.2 Å². The van der Waals surface area contributed by atoms with Crippen LogP contribution in [0.1, 0.15) is 30.1 Å². The molecule has 0 bridgehead atoms. The highest BCUT2D eigenvalue weighted by atomic mass is 35.5. The van der Waals surface area contributed by atoms with E-state index in [2.05, 4.69) is 5.32 Å². The van der Waals surface area contributed by atoms with Crippen LogP contribution in [0, 0.1) is 16.0 Å². The summed E-state index contributed by atoms with van der Waals surface area (Å²) in [6.45, 7) is 2.00. The molecule has 0 saturated heterocycles. The Hall–Kier alpha value is -2.15. The minimum Gasteiger partial charge on any atom is -0.481 e. The molecule has 7 nitrogen and oxygen atoms in total. The smallest absolute Gasteiger partial charge is 0.303 e. The van der Waals surface area contributed by atoms with Gasteiger partial charge in [-0.25, -0.2) is 0 Å². The van der Waals surface area contributed by atoms with Crippen molar-refractivity contribution in [2.75, 3.05) is 6.54 Å². The quantitative estimate of drug-likeness (QED) is 0.593. The van der Waals surface area contributed by atoms with E-state index in [0.717, 1.165) is 0 Å². The molecule has 2 N–H and O–H groups in total. The number of hydrogen-bond acceptors (Lipinski definition) is 4. The summed E-state index contributed by atoms with van der Waals surface area (Å²) >= 11 is 5.84. The summed E-state index contributed by atoms with van der Waals surface area (Å²) in [5.74, 6) is -1.61. The van der Waals surface area contributed by atoms with Gasteiger partial charge in [0.15, 0.2) is 0 Å². The summed E-state index contributed by atoms with van der Waals surface area (Å²) in [5, 5.41) is 22.0. The van der Waals surface area contributed by atoms with Crippen LogP contribution in [0.4, 0.5) is 5.69 Å². The van der Waals surface area contributed by atoms with E-state index >= 15 is 0 Å². The highest BCUT2D eigenvalue weighted by Crippen LogP contribution is 2.26. The molecule has 0 aliphatic heterocycles. The maximum Gasteiger partial charge on any atom is 0.303 e. The normalized spacial score (nSPS) is 11.7. The van der Waals surface area contributed by atoms with E-state index in [1.54, 1.807) is 6.92 Å². The summed E-state index contributed by atoms with van der Waals surface area (Å²) < 4.78 is 0. The van der Waals surface area contributed by atoms with Crippen molar-refractivity contribution in [2.45, 2.75) is 19.8 Å². The Morgan fingerprint density at radius 2 is 2.14 bits per heavy atom. The Labute approximate surface area is 126 Å². The number of nitro groups is 1. The van der Waals surface area contributed by atoms with Gasteiger partial charge in [-0.2, -0.15) is 0 Å². The number of halogens is 1. The van der Waals surface area contributed by atoms with E-state index in [4.69, 9.17) is 16.7 Å². The molecule has 0 heterocycles. The number of carboxylic acid groups (broad SMARTS) is 1. The van der Waals surface area contributed by atoms with Crippen molar-refractivity contribution in [3.8, 4) is 0 Å². The lowest BCUT2D eigenvalue weighted by Gasteiger charge is -2.12. The molecule has 0 radical (unpaired) electrons. The largest absolute Gasteiger partial charge is 0.481 e. The molecule has 114 valence electrons. The Balaban J connectivity index is 2.72. The summed E-state index contributed by atoms with van der Waals surface area (Å²) in [4.78, 5) is 32.7. The fourth-order valence-corrected chi connectivity index (χ4v) is 1.97.